The molecule has 0 aliphatic rings. The summed E-state index contributed by atoms with van der Waals surface area (Å²) in [6.07, 6.45) is 0. The van der Waals surface area contributed by atoms with Crippen molar-refractivity contribution in [3.63, 3.8) is 0 Å². The van der Waals surface area contributed by atoms with Gasteiger partial charge in [-0.1, -0.05) is 12.1 Å². The highest BCUT2D eigenvalue weighted by Gasteiger charge is 2.09. The predicted molar refractivity (Wildman–Crippen MR) is 62.8 cm³/mol. The van der Waals surface area contributed by atoms with Gasteiger partial charge in [0.2, 0.25) is 0 Å². The van der Waals surface area contributed by atoms with E-state index in [1.165, 1.54) is 25.3 Å². The molecule has 0 fully saturated rings. The van der Waals surface area contributed by atoms with Crippen molar-refractivity contribution < 1.29 is 13.5 Å². The average Bonchev–Trinajstić information content (AvgIpc) is 2.32. The number of hydrogen-bond acceptors (Lipinski definition) is 2. The first-order chi connectivity index (χ1) is 8.11. The molecule has 0 aliphatic heterocycles. The van der Waals surface area contributed by atoms with Gasteiger partial charge in [-0.2, -0.15) is 0 Å². The van der Waals surface area contributed by atoms with Gasteiger partial charge in [-0.05, 0) is 35.4 Å². The third-order valence-corrected chi connectivity index (χ3v) is 2.47. The molecule has 0 radical (unpaired) electrons. The van der Waals surface area contributed by atoms with Gasteiger partial charge >= 0.3 is 0 Å². The van der Waals surface area contributed by atoms with E-state index in [1.54, 1.807) is 18.2 Å². The fourth-order valence-electron chi connectivity index (χ4n) is 1.60. The molecule has 0 aliphatic carbocycles. The van der Waals surface area contributed by atoms with E-state index < -0.39 is 5.82 Å². The van der Waals surface area contributed by atoms with Crippen LogP contribution in [0, 0.1) is 11.6 Å². The molecule has 0 atom stereocenters. The minimum absolute atomic E-state index is 0.0485. The summed E-state index contributed by atoms with van der Waals surface area (Å²) in [7, 11) is 1.40. The van der Waals surface area contributed by atoms with E-state index >= 15 is 0 Å². The summed E-state index contributed by atoms with van der Waals surface area (Å²) in [5, 5.41) is 0. The monoisotopic (exact) mass is 235 g/mol. The summed E-state index contributed by atoms with van der Waals surface area (Å²) in [6.45, 7) is 0. The van der Waals surface area contributed by atoms with Crippen LogP contribution in [0.2, 0.25) is 0 Å². The number of anilines is 1. The number of ether oxygens (including phenoxy) is 1. The summed E-state index contributed by atoms with van der Waals surface area (Å²) in [4.78, 5) is 0. The smallest absolute Gasteiger partial charge is 0.150 e. The first-order valence-corrected chi connectivity index (χ1v) is 5.01. The molecular weight excluding hydrogens is 224 g/mol. The van der Waals surface area contributed by atoms with Gasteiger partial charge in [-0.25, -0.2) is 8.78 Å². The largest absolute Gasteiger partial charge is 0.494 e. The van der Waals surface area contributed by atoms with Crippen molar-refractivity contribution in [2.45, 2.75) is 0 Å². The van der Waals surface area contributed by atoms with E-state index in [0.29, 0.717) is 11.1 Å². The van der Waals surface area contributed by atoms with Crippen LogP contribution in [-0.4, -0.2) is 7.11 Å². The lowest BCUT2D eigenvalue weighted by atomic mass is 10.0. The molecule has 88 valence electrons. The average molecular weight is 235 g/mol. The molecule has 2 rings (SSSR count). The Morgan fingerprint density at radius 2 is 1.82 bits per heavy atom. The van der Waals surface area contributed by atoms with Crippen LogP contribution in [0.1, 0.15) is 0 Å². The van der Waals surface area contributed by atoms with Crippen LogP contribution in [0.25, 0.3) is 11.1 Å². The van der Waals surface area contributed by atoms with Crippen molar-refractivity contribution >= 4 is 5.69 Å². The van der Waals surface area contributed by atoms with Crippen LogP contribution < -0.4 is 10.5 Å². The summed E-state index contributed by atoms with van der Waals surface area (Å²) in [5.41, 5.74) is 6.54. The highest BCUT2D eigenvalue weighted by Crippen LogP contribution is 2.31. The Morgan fingerprint density at radius 3 is 2.47 bits per heavy atom. The molecule has 0 aromatic heterocycles. The van der Waals surface area contributed by atoms with Crippen molar-refractivity contribution in [1.29, 1.82) is 0 Å². The number of nitrogen functional groups attached to an aromatic ring is 1. The number of halogens is 2. The Kier molecular flexibility index (Phi) is 2.95. The third kappa shape index (κ3) is 2.20. The van der Waals surface area contributed by atoms with Crippen molar-refractivity contribution in [1.82, 2.24) is 0 Å². The van der Waals surface area contributed by atoms with E-state index in [9.17, 15) is 8.78 Å². The van der Waals surface area contributed by atoms with Crippen LogP contribution in [-0.2, 0) is 0 Å². The zero-order valence-electron chi connectivity index (χ0n) is 9.21. The Morgan fingerprint density at radius 1 is 1.06 bits per heavy atom. The topological polar surface area (TPSA) is 35.2 Å². The van der Waals surface area contributed by atoms with Crippen LogP contribution >= 0.6 is 0 Å². The lowest BCUT2D eigenvalue weighted by molar-refractivity contribution is 0.414. The van der Waals surface area contributed by atoms with Crippen molar-refractivity contribution in [2.24, 2.45) is 0 Å². The van der Waals surface area contributed by atoms with Crippen LogP contribution in [0.5, 0.6) is 5.75 Å². The van der Waals surface area contributed by atoms with E-state index in [4.69, 9.17) is 10.5 Å². The normalized spacial score (nSPS) is 10.3. The van der Waals surface area contributed by atoms with Gasteiger partial charge in [0.1, 0.15) is 17.3 Å². The Labute approximate surface area is 97.6 Å². The molecule has 0 bridgehead atoms. The maximum Gasteiger partial charge on any atom is 0.150 e. The fraction of sp³-hybridized carbons (Fsp3) is 0.0769. The highest BCUT2D eigenvalue weighted by molar-refractivity contribution is 5.70. The second-order valence-electron chi connectivity index (χ2n) is 3.58. The molecule has 2 aromatic carbocycles. The molecule has 2 N–H and O–H groups in total. The van der Waals surface area contributed by atoms with Gasteiger partial charge in [0.05, 0.1) is 7.11 Å². The molecule has 0 saturated heterocycles. The molecule has 4 heteroatoms. The van der Waals surface area contributed by atoms with Gasteiger partial charge in [0, 0.05) is 0 Å². The predicted octanol–water partition coefficient (Wildman–Crippen LogP) is 3.22. The number of nitrogens with two attached hydrogens (primary N) is 1. The standard InChI is InChI=1S/C13H11F2NO/c1-17-12-7-9(6-11(15)13(12)16)8-3-2-4-10(14)5-8/h2-7H,16H2,1H3. The summed E-state index contributed by atoms with van der Waals surface area (Å²) < 4.78 is 31.5. The maximum absolute atomic E-state index is 13.5. The Bertz CT molecular complexity index is 555. The van der Waals surface area contributed by atoms with Crippen molar-refractivity contribution in [3.8, 4) is 16.9 Å². The molecule has 17 heavy (non-hydrogen) atoms. The molecule has 0 saturated carbocycles. The lowest BCUT2D eigenvalue weighted by Crippen LogP contribution is -1.96. The molecule has 2 aromatic rings. The lowest BCUT2D eigenvalue weighted by Gasteiger charge is -2.09. The molecular formula is C13H11F2NO. The van der Waals surface area contributed by atoms with Gasteiger partial charge in [0.15, 0.2) is 5.82 Å². The van der Waals surface area contributed by atoms with E-state index in [0.717, 1.165) is 0 Å². The second-order valence-corrected chi connectivity index (χ2v) is 3.58. The Hall–Kier alpha value is -2.10. The minimum Gasteiger partial charge on any atom is -0.494 e. The van der Waals surface area contributed by atoms with Gasteiger partial charge < -0.3 is 10.5 Å². The third-order valence-electron chi connectivity index (χ3n) is 2.47. The van der Waals surface area contributed by atoms with E-state index in [1.807, 2.05) is 0 Å². The maximum atomic E-state index is 13.5. The molecule has 0 unspecified atom stereocenters. The zero-order chi connectivity index (χ0) is 12.4. The molecule has 0 spiro atoms. The minimum atomic E-state index is -0.580. The van der Waals surface area contributed by atoms with Crippen molar-refractivity contribution in [3.05, 3.63) is 48.0 Å². The number of rotatable bonds is 2. The molecule has 0 heterocycles. The quantitative estimate of drug-likeness (QED) is 0.811. The first kappa shape index (κ1) is 11.4. The first-order valence-electron chi connectivity index (χ1n) is 5.01. The highest BCUT2D eigenvalue weighted by atomic mass is 19.1. The summed E-state index contributed by atoms with van der Waals surface area (Å²) in [5.74, 6) is -0.716. The summed E-state index contributed by atoms with van der Waals surface area (Å²) >= 11 is 0. The van der Waals surface area contributed by atoms with E-state index in [2.05, 4.69) is 0 Å². The van der Waals surface area contributed by atoms with Crippen LogP contribution in [0.3, 0.4) is 0 Å². The fourth-order valence-corrected chi connectivity index (χ4v) is 1.60. The van der Waals surface area contributed by atoms with Gasteiger partial charge in [-0.3, -0.25) is 0 Å². The molecule has 2 nitrogen and oxygen atoms in total. The van der Waals surface area contributed by atoms with Crippen LogP contribution in [0.4, 0.5) is 14.5 Å². The second kappa shape index (κ2) is 4.41. The van der Waals surface area contributed by atoms with Crippen LogP contribution in [0.15, 0.2) is 36.4 Å². The number of hydrogen-bond donors (Lipinski definition) is 1. The molecule has 0 amide bonds. The number of methoxy groups -OCH3 is 1. The number of benzene rings is 2. The zero-order valence-corrected chi connectivity index (χ0v) is 9.21. The van der Waals surface area contributed by atoms with Gasteiger partial charge in [0.25, 0.3) is 0 Å². The van der Waals surface area contributed by atoms with E-state index in [-0.39, 0.29) is 17.3 Å². The Balaban J connectivity index is 2.56. The summed E-state index contributed by atoms with van der Waals surface area (Å²) in [6, 6.07) is 8.73. The SMILES string of the molecule is COc1cc(-c2cccc(F)c2)cc(F)c1N. The van der Waals surface area contributed by atoms with Gasteiger partial charge in [-0.15, -0.1) is 0 Å². The van der Waals surface area contributed by atoms with Crippen molar-refractivity contribution in [2.75, 3.05) is 12.8 Å².